The molecule has 1 aromatic heterocycles. The molecule has 2 fully saturated rings. The zero-order valence-corrected chi connectivity index (χ0v) is 15.4. The van der Waals surface area contributed by atoms with Crippen LogP contribution in [0.1, 0.15) is 23.4 Å². The number of rotatable bonds is 6. The van der Waals surface area contributed by atoms with Crippen LogP contribution < -0.4 is 5.32 Å². The third-order valence-electron chi connectivity index (χ3n) is 4.67. The number of ether oxygens (including phenoxy) is 2. The number of nitrogens with one attached hydrogen (secondary N) is 1. The zero-order valence-electron chi connectivity index (χ0n) is 15.4. The molecule has 3 rings (SSSR count). The van der Waals surface area contributed by atoms with Crippen molar-refractivity contribution in [3.05, 3.63) is 24.2 Å². The summed E-state index contributed by atoms with van der Waals surface area (Å²) >= 11 is 0. The lowest BCUT2D eigenvalue weighted by Gasteiger charge is -2.36. The Morgan fingerprint density at radius 2 is 2.15 bits per heavy atom. The second kappa shape index (κ2) is 9.59. The molecular formula is C18H28N4O4. The fourth-order valence-corrected chi connectivity index (χ4v) is 3.24. The number of piperazine rings is 1. The highest BCUT2D eigenvalue weighted by atomic mass is 16.5. The molecule has 0 bridgehead atoms. The van der Waals surface area contributed by atoms with Gasteiger partial charge >= 0.3 is 0 Å². The quantitative estimate of drug-likeness (QED) is 0.457. The van der Waals surface area contributed by atoms with E-state index in [-0.39, 0.29) is 12.0 Å². The first-order valence-electron chi connectivity index (χ1n) is 9.25. The van der Waals surface area contributed by atoms with Crippen LogP contribution in [-0.2, 0) is 9.47 Å². The Morgan fingerprint density at radius 1 is 1.35 bits per heavy atom. The predicted octanol–water partition coefficient (Wildman–Crippen LogP) is 0.808. The molecular weight excluding hydrogens is 336 g/mol. The SMILES string of the molecule is CN=C(NCCOCC1CCCO1)N1CCN(C(=O)c2ccco2)CC1. The first kappa shape index (κ1) is 18.7. The van der Waals surface area contributed by atoms with E-state index in [1.807, 2.05) is 4.90 Å². The lowest BCUT2D eigenvalue weighted by Crippen LogP contribution is -2.54. The van der Waals surface area contributed by atoms with Gasteiger partial charge in [-0.25, -0.2) is 0 Å². The van der Waals surface area contributed by atoms with Crippen LogP contribution >= 0.6 is 0 Å². The third-order valence-corrected chi connectivity index (χ3v) is 4.67. The molecule has 1 N–H and O–H groups in total. The van der Waals surface area contributed by atoms with E-state index >= 15 is 0 Å². The number of hydrogen-bond acceptors (Lipinski definition) is 5. The molecule has 0 aliphatic carbocycles. The molecule has 1 unspecified atom stereocenters. The molecule has 8 heteroatoms. The molecule has 144 valence electrons. The summed E-state index contributed by atoms with van der Waals surface area (Å²) in [5.74, 6) is 1.18. The van der Waals surface area contributed by atoms with Gasteiger partial charge in [0.25, 0.3) is 5.91 Å². The van der Waals surface area contributed by atoms with E-state index in [4.69, 9.17) is 13.9 Å². The van der Waals surface area contributed by atoms with Crippen molar-refractivity contribution in [2.45, 2.75) is 18.9 Å². The molecule has 0 aromatic carbocycles. The molecule has 0 spiro atoms. The molecule has 1 amide bonds. The van der Waals surface area contributed by atoms with E-state index in [1.54, 1.807) is 19.2 Å². The number of guanidine groups is 1. The number of nitrogens with zero attached hydrogens (tertiary/aromatic N) is 3. The van der Waals surface area contributed by atoms with Crippen LogP contribution in [0.4, 0.5) is 0 Å². The highest BCUT2D eigenvalue weighted by Crippen LogP contribution is 2.12. The molecule has 0 saturated carbocycles. The molecule has 26 heavy (non-hydrogen) atoms. The van der Waals surface area contributed by atoms with Crippen LogP contribution in [0.15, 0.2) is 27.8 Å². The summed E-state index contributed by atoms with van der Waals surface area (Å²) in [5, 5.41) is 3.32. The van der Waals surface area contributed by atoms with Crippen molar-refractivity contribution >= 4 is 11.9 Å². The fraction of sp³-hybridized carbons (Fsp3) is 0.667. The molecule has 0 radical (unpaired) electrons. The molecule has 2 aliphatic heterocycles. The molecule has 3 heterocycles. The van der Waals surface area contributed by atoms with E-state index in [9.17, 15) is 4.79 Å². The maximum atomic E-state index is 12.3. The Hall–Kier alpha value is -2.06. The number of amides is 1. The van der Waals surface area contributed by atoms with Gasteiger partial charge in [-0.1, -0.05) is 0 Å². The first-order valence-corrected chi connectivity index (χ1v) is 9.25. The predicted molar refractivity (Wildman–Crippen MR) is 97.3 cm³/mol. The molecule has 8 nitrogen and oxygen atoms in total. The Morgan fingerprint density at radius 3 is 2.81 bits per heavy atom. The van der Waals surface area contributed by atoms with Crippen molar-refractivity contribution in [1.82, 2.24) is 15.1 Å². The number of carbonyl (C=O) groups excluding carboxylic acids is 1. The zero-order chi connectivity index (χ0) is 18.2. The van der Waals surface area contributed by atoms with E-state index < -0.39 is 0 Å². The number of furan rings is 1. The minimum absolute atomic E-state index is 0.0554. The molecule has 2 aliphatic rings. The van der Waals surface area contributed by atoms with Gasteiger partial charge in [-0.05, 0) is 25.0 Å². The van der Waals surface area contributed by atoms with Crippen LogP contribution in [0.3, 0.4) is 0 Å². The van der Waals surface area contributed by atoms with Gasteiger partial charge in [-0.15, -0.1) is 0 Å². The van der Waals surface area contributed by atoms with Gasteiger partial charge < -0.3 is 29.0 Å². The van der Waals surface area contributed by atoms with Crippen LogP contribution in [0, 0.1) is 0 Å². The highest BCUT2D eigenvalue weighted by molar-refractivity contribution is 5.91. The summed E-state index contributed by atoms with van der Waals surface area (Å²) in [7, 11) is 1.77. The highest BCUT2D eigenvalue weighted by Gasteiger charge is 2.25. The minimum Gasteiger partial charge on any atom is -0.459 e. The Balaban J connectivity index is 1.34. The largest absolute Gasteiger partial charge is 0.459 e. The Labute approximate surface area is 154 Å². The minimum atomic E-state index is -0.0554. The average Bonchev–Trinajstić information content (AvgIpc) is 3.38. The molecule has 1 aromatic rings. The summed E-state index contributed by atoms with van der Waals surface area (Å²) in [5.41, 5.74) is 0. The van der Waals surface area contributed by atoms with Gasteiger partial charge in [0.2, 0.25) is 0 Å². The van der Waals surface area contributed by atoms with Crippen molar-refractivity contribution < 1.29 is 18.7 Å². The van der Waals surface area contributed by atoms with E-state index in [2.05, 4.69) is 15.2 Å². The molecule has 2 saturated heterocycles. The van der Waals surface area contributed by atoms with Gasteiger partial charge in [0, 0.05) is 46.4 Å². The number of hydrogen-bond donors (Lipinski definition) is 1. The van der Waals surface area contributed by atoms with Crippen LogP contribution in [0.2, 0.25) is 0 Å². The van der Waals surface area contributed by atoms with Gasteiger partial charge in [0.15, 0.2) is 11.7 Å². The van der Waals surface area contributed by atoms with Crippen molar-refractivity contribution in [3.63, 3.8) is 0 Å². The second-order valence-electron chi connectivity index (χ2n) is 6.44. The third kappa shape index (κ3) is 4.98. The van der Waals surface area contributed by atoms with Crippen LogP contribution in [0.5, 0.6) is 0 Å². The van der Waals surface area contributed by atoms with Gasteiger partial charge in [0.1, 0.15) is 0 Å². The molecule has 1 atom stereocenters. The summed E-state index contributed by atoms with van der Waals surface area (Å²) in [4.78, 5) is 20.6. The van der Waals surface area contributed by atoms with Crippen molar-refractivity contribution in [2.24, 2.45) is 4.99 Å². The fourth-order valence-electron chi connectivity index (χ4n) is 3.24. The summed E-state index contributed by atoms with van der Waals surface area (Å²) in [6, 6.07) is 3.43. The Bertz CT molecular complexity index is 576. The lowest BCUT2D eigenvalue weighted by atomic mass is 10.2. The summed E-state index contributed by atoms with van der Waals surface area (Å²) in [6.45, 7) is 5.61. The normalized spacial score (nSPS) is 21.3. The summed E-state index contributed by atoms with van der Waals surface area (Å²) in [6.07, 6.45) is 4.01. The van der Waals surface area contributed by atoms with E-state index in [0.717, 1.165) is 38.5 Å². The standard InChI is InChI=1S/C18H28N4O4/c1-19-18(20-6-13-24-14-15-4-2-11-25-15)22-9-7-21(8-10-22)17(23)16-5-3-12-26-16/h3,5,12,15H,2,4,6-11,13-14H2,1H3,(H,19,20). The summed E-state index contributed by atoms with van der Waals surface area (Å²) < 4.78 is 16.4. The number of aliphatic imine (C=N–C) groups is 1. The topological polar surface area (TPSA) is 79.5 Å². The lowest BCUT2D eigenvalue weighted by molar-refractivity contribution is 0.0189. The van der Waals surface area contributed by atoms with Gasteiger partial charge in [-0.3, -0.25) is 9.79 Å². The smallest absolute Gasteiger partial charge is 0.289 e. The van der Waals surface area contributed by atoms with Crippen LogP contribution in [0.25, 0.3) is 0 Å². The number of carbonyl (C=O) groups is 1. The van der Waals surface area contributed by atoms with Gasteiger partial charge in [-0.2, -0.15) is 0 Å². The second-order valence-corrected chi connectivity index (χ2v) is 6.44. The monoisotopic (exact) mass is 364 g/mol. The maximum absolute atomic E-state index is 12.3. The van der Waals surface area contributed by atoms with Crippen LogP contribution in [-0.4, -0.2) is 87.4 Å². The van der Waals surface area contributed by atoms with E-state index in [1.165, 1.54) is 6.26 Å². The van der Waals surface area contributed by atoms with Crippen molar-refractivity contribution in [2.75, 3.05) is 59.6 Å². The van der Waals surface area contributed by atoms with Crippen molar-refractivity contribution in [1.29, 1.82) is 0 Å². The van der Waals surface area contributed by atoms with E-state index in [0.29, 0.717) is 38.6 Å². The Kier molecular flexibility index (Phi) is 6.90. The average molecular weight is 364 g/mol. The first-order chi connectivity index (χ1) is 12.8. The maximum Gasteiger partial charge on any atom is 0.289 e. The van der Waals surface area contributed by atoms with Gasteiger partial charge in [0.05, 0.1) is 25.6 Å². The van der Waals surface area contributed by atoms with Crippen molar-refractivity contribution in [3.8, 4) is 0 Å².